The topological polar surface area (TPSA) is 61.8 Å². The summed E-state index contributed by atoms with van der Waals surface area (Å²) in [7, 11) is -3.00. The lowest BCUT2D eigenvalue weighted by Crippen LogP contribution is -2.57. The second-order valence-electron chi connectivity index (χ2n) is 6.09. The Morgan fingerprint density at radius 2 is 2.05 bits per heavy atom. The van der Waals surface area contributed by atoms with Crippen LogP contribution in [0, 0.1) is 5.92 Å². The van der Waals surface area contributed by atoms with Crippen molar-refractivity contribution in [2.24, 2.45) is 10.9 Å². The summed E-state index contributed by atoms with van der Waals surface area (Å²) in [5.74, 6) is 1.53. The fourth-order valence-electron chi connectivity index (χ4n) is 2.02. The molecule has 0 saturated carbocycles. The maximum Gasteiger partial charge on any atom is 0.194 e. The van der Waals surface area contributed by atoms with Gasteiger partial charge in [0.15, 0.2) is 15.8 Å². The van der Waals surface area contributed by atoms with E-state index in [0.29, 0.717) is 19.0 Å². The number of rotatable bonds is 3. The van der Waals surface area contributed by atoms with Gasteiger partial charge < -0.3 is 10.2 Å². The second-order valence-corrected chi connectivity index (χ2v) is 8.83. The van der Waals surface area contributed by atoms with Crippen LogP contribution in [0.4, 0.5) is 0 Å². The van der Waals surface area contributed by atoms with Crippen molar-refractivity contribution in [3.05, 3.63) is 0 Å². The summed E-state index contributed by atoms with van der Waals surface area (Å²) in [6, 6.07) is 0. The molecule has 112 valence electrons. The summed E-state index contributed by atoms with van der Waals surface area (Å²) in [4.78, 5) is 6.65. The van der Waals surface area contributed by atoms with Crippen molar-refractivity contribution >= 4 is 15.8 Å². The summed E-state index contributed by atoms with van der Waals surface area (Å²) in [5.41, 5.74) is 0. The van der Waals surface area contributed by atoms with E-state index in [0.717, 1.165) is 19.0 Å². The molecule has 0 atom stereocenters. The van der Waals surface area contributed by atoms with E-state index in [2.05, 4.69) is 29.1 Å². The highest BCUT2D eigenvalue weighted by Gasteiger charge is 2.40. The lowest BCUT2D eigenvalue weighted by Gasteiger charge is -2.39. The van der Waals surface area contributed by atoms with Crippen molar-refractivity contribution < 1.29 is 8.42 Å². The zero-order chi connectivity index (χ0) is 14.7. The first-order valence-electron chi connectivity index (χ1n) is 6.95. The molecule has 0 aromatic heterocycles. The summed E-state index contributed by atoms with van der Waals surface area (Å²) >= 11 is 0. The van der Waals surface area contributed by atoms with E-state index in [4.69, 9.17) is 0 Å². The van der Waals surface area contributed by atoms with Crippen molar-refractivity contribution in [2.75, 3.05) is 31.9 Å². The van der Waals surface area contributed by atoms with E-state index < -0.39 is 14.6 Å². The first-order valence-corrected chi connectivity index (χ1v) is 8.60. The molecular weight excluding hydrogens is 262 g/mol. The van der Waals surface area contributed by atoms with Gasteiger partial charge in [0, 0.05) is 26.2 Å². The third kappa shape index (κ3) is 4.09. The molecule has 0 aliphatic carbocycles. The molecule has 1 heterocycles. The standard InChI is InChI=1S/C13H27N3O2S/c1-6-14-12(15-9-11(2)3)16-7-8-19(17,18)13(4,5)10-16/h11H,6-10H2,1-5H3,(H,14,15). The maximum absolute atomic E-state index is 12.0. The summed E-state index contributed by atoms with van der Waals surface area (Å²) < 4.78 is 23.3. The van der Waals surface area contributed by atoms with Gasteiger partial charge in [-0.25, -0.2) is 8.42 Å². The molecule has 0 aromatic carbocycles. The van der Waals surface area contributed by atoms with Gasteiger partial charge in [-0.05, 0) is 26.7 Å². The highest BCUT2D eigenvalue weighted by Crippen LogP contribution is 2.23. The van der Waals surface area contributed by atoms with Crippen molar-refractivity contribution in [1.82, 2.24) is 10.2 Å². The first-order chi connectivity index (χ1) is 8.69. The minimum atomic E-state index is -3.00. The van der Waals surface area contributed by atoms with Crippen LogP contribution >= 0.6 is 0 Å². The van der Waals surface area contributed by atoms with Gasteiger partial charge >= 0.3 is 0 Å². The van der Waals surface area contributed by atoms with Crippen molar-refractivity contribution in [3.8, 4) is 0 Å². The number of sulfone groups is 1. The molecule has 19 heavy (non-hydrogen) atoms. The van der Waals surface area contributed by atoms with E-state index in [9.17, 15) is 8.42 Å². The third-order valence-corrected chi connectivity index (χ3v) is 5.82. The Labute approximate surface area is 117 Å². The van der Waals surface area contributed by atoms with Gasteiger partial charge in [0.1, 0.15) is 0 Å². The number of hydrogen-bond acceptors (Lipinski definition) is 3. The predicted molar refractivity (Wildman–Crippen MR) is 80.3 cm³/mol. The van der Waals surface area contributed by atoms with Crippen LogP contribution in [-0.2, 0) is 9.84 Å². The Hall–Kier alpha value is -0.780. The predicted octanol–water partition coefficient (Wildman–Crippen LogP) is 1.12. The lowest BCUT2D eigenvalue weighted by atomic mass is 10.2. The van der Waals surface area contributed by atoms with Crippen LogP contribution in [-0.4, -0.2) is 56.0 Å². The van der Waals surface area contributed by atoms with Crippen molar-refractivity contribution in [3.63, 3.8) is 0 Å². The van der Waals surface area contributed by atoms with E-state index in [1.165, 1.54) is 0 Å². The molecular formula is C13H27N3O2S. The van der Waals surface area contributed by atoms with Gasteiger partial charge in [-0.1, -0.05) is 13.8 Å². The minimum Gasteiger partial charge on any atom is -0.357 e. The lowest BCUT2D eigenvalue weighted by molar-refractivity contribution is 0.352. The van der Waals surface area contributed by atoms with Gasteiger partial charge in [0.2, 0.25) is 0 Å². The molecule has 1 saturated heterocycles. The first kappa shape index (κ1) is 16.3. The molecule has 0 unspecified atom stereocenters. The minimum absolute atomic E-state index is 0.200. The number of hydrogen-bond donors (Lipinski definition) is 1. The number of nitrogens with one attached hydrogen (secondary N) is 1. The number of guanidine groups is 1. The van der Waals surface area contributed by atoms with E-state index in [1.807, 2.05) is 6.92 Å². The van der Waals surface area contributed by atoms with Crippen LogP contribution in [0.1, 0.15) is 34.6 Å². The van der Waals surface area contributed by atoms with E-state index in [1.54, 1.807) is 13.8 Å². The largest absolute Gasteiger partial charge is 0.357 e. The number of nitrogens with zero attached hydrogens (tertiary/aromatic N) is 2. The zero-order valence-corrected chi connectivity index (χ0v) is 13.5. The van der Waals surface area contributed by atoms with Gasteiger partial charge in [-0.15, -0.1) is 0 Å². The molecule has 1 aliphatic heterocycles. The molecule has 1 rings (SSSR count). The molecule has 5 nitrogen and oxygen atoms in total. The van der Waals surface area contributed by atoms with Gasteiger partial charge in [-0.3, -0.25) is 4.99 Å². The second kappa shape index (κ2) is 6.11. The maximum atomic E-state index is 12.0. The quantitative estimate of drug-likeness (QED) is 0.625. The SMILES string of the molecule is CCNC(=NCC(C)C)N1CCS(=O)(=O)C(C)(C)C1. The van der Waals surface area contributed by atoms with Crippen LogP contribution in [0.5, 0.6) is 0 Å². The van der Waals surface area contributed by atoms with Crippen molar-refractivity contribution in [2.45, 2.75) is 39.4 Å². The van der Waals surface area contributed by atoms with Gasteiger partial charge in [0.05, 0.1) is 10.5 Å². The molecule has 0 amide bonds. The summed E-state index contributed by atoms with van der Waals surface area (Å²) in [6.07, 6.45) is 0. The Balaban J connectivity index is 2.85. The fraction of sp³-hybridized carbons (Fsp3) is 0.923. The van der Waals surface area contributed by atoms with Crippen LogP contribution in [0.15, 0.2) is 4.99 Å². The normalized spacial score (nSPS) is 22.6. The van der Waals surface area contributed by atoms with Crippen LogP contribution in [0.3, 0.4) is 0 Å². The Morgan fingerprint density at radius 3 is 2.53 bits per heavy atom. The molecule has 1 fully saturated rings. The Bertz CT molecular complexity index is 427. The highest BCUT2D eigenvalue weighted by atomic mass is 32.2. The van der Waals surface area contributed by atoms with Gasteiger partial charge in [0.25, 0.3) is 0 Å². The average molecular weight is 289 g/mol. The molecule has 0 spiro atoms. The molecule has 1 N–H and O–H groups in total. The molecule has 0 aromatic rings. The average Bonchev–Trinajstić information content (AvgIpc) is 2.28. The summed E-state index contributed by atoms with van der Waals surface area (Å²) in [5, 5.41) is 3.25. The Morgan fingerprint density at radius 1 is 1.42 bits per heavy atom. The third-order valence-electron chi connectivity index (χ3n) is 3.28. The smallest absolute Gasteiger partial charge is 0.194 e. The van der Waals surface area contributed by atoms with Crippen LogP contribution in [0.25, 0.3) is 0 Å². The van der Waals surface area contributed by atoms with Gasteiger partial charge in [-0.2, -0.15) is 0 Å². The monoisotopic (exact) mass is 289 g/mol. The van der Waals surface area contributed by atoms with Crippen LogP contribution in [0.2, 0.25) is 0 Å². The van der Waals surface area contributed by atoms with Crippen LogP contribution < -0.4 is 5.32 Å². The Kier molecular flexibility index (Phi) is 5.24. The zero-order valence-electron chi connectivity index (χ0n) is 12.7. The molecule has 0 bridgehead atoms. The molecule has 6 heteroatoms. The fourth-order valence-corrected chi connectivity index (χ4v) is 3.39. The van der Waals surface area contributed by atoms with E-state index >= 15 is 0 Å². The van der Waals surface area contributed by atoms with Crippen molar-refractivity contribution in [1.29, 1.82) is 0 Å². The molecule has 0 radical (unpaired) electrons. The van der Waals surface area contributed by atoms with E-state index in [-0.39, 0.29) is 5.75 Å². The molecule has 1 aliphatic rings. The number of aliphatic imine (C=N–C) groups is 1. The summed E-state index contributed by atoms with van der Waals surface area (Å²) in [6.45, 7) is 12.4. The highest BCUT2D eigenvalue weighted by molar-refractivity contribution is 7.92.